The van der Waals surface area contributed by atoms with Gasteiger partial charge in [-0.15, -0.1) is 6.58 Å². The number of carbonyl (C=O) groups is 1. The lowest BCUT2D eigenvalue weighted by molar-refractivity contribution is -0.120. The highest BCUT2D eigenvalue weighted by Gasteiger charge is 1.97. The fourth-order valence-corrected chi connectivity index (χ4v) is 0.716. The Morgan fingerprint density at radius 2 is 2.17 bits per heavy atom. The molecule has 0 aromatic rings. The molecule has 0 rings (SSSR count). The van der Waals surface area contributed by atoms with Crippen molar-refractivity contribution in [3.05, 3.63) is 12.2 Å². The normalized spacial score (nSPS) is 9.50. The zero-order chi connectivity index (χ0) is 9.40. The molecule has 0 saturated carbocycles. The van der Waals surface area contributed by atoms with E-state index in [1.807, 2.05) is 13.8 Å². The lowest BCUT2D eigenvalue weighted by atomic mass is 10.2. The van der Waals surface area contributed by atoms with Gasteiger partial charge in [-0.25, -0.2) is 0 Å². The molecule has 0 saturated heterocycles. The van der Waals surface area contributed by atoms with Gasteiger partial charge in [-0.2, -0.15) is 0 Å². The highest BCUT2D eigenvalue weighted by atomic mass is 16.1. The number of hydrogen-bond donors (Lipinski definition) is 2. The molecule has 0 aromatic heterocycles. The summed E-state index contributed by atoms with van der Waals surface area (Å²) in [5.41, 5.74) is 1.10. The number of amides is 1. The van der Waals surface area contributed by atoms with E-state index in [1.165, 1.54) is 0 Å². The van der Waals surface area contributed by atoms with Crippen molar-refractivity contribution in [3.63, 3.8) is 0 Å². The van der Waals surface area contributed by atoms with Crippen LogP contribution < -0.4 is 10.6 Å². The van der Waals surface area contributed by atoms with Crippen LogP contribution in [0.1, 0.15) is 20.3 Å². The van der Waals surface area contributed by atoms with Gasteiger partial charge in [-0.05, 0) is 19.9 Å². The second kappa shape index (κ2) is 6.85. The molecule has 0 unspecified atom stereocenters. The molecule has 0 bridgehead atoms. The molecule has 2 N–H and O–H groups in total. The van der Waals surface area contributed by atoms with Crippen LogP contribution in [-0.4, -0.2) is 25.5 Å². The van der Waals surface area contributed by atoms with Crippen molar-refractivity contribution in [1.82, 2.24) is 10.6 Å². The maximum absolute atomic E-state index is 11.0. The van der Waals surface area contributed by atoms with Crippen LogP contribution in [0.15, 0.2) is 12.2 Å². The van der Waals surface area contributed by atoms with Gasteiger partial charge in [0.2, 0.25) is 5.91 Å². The Morgan fingerprint density at radius 1 is 1.50 bits per heavy atom. The quantitative estimate of drug-likeness (QED) is 0.575. The molecule has 0 aliphatic carbocycles. The van der Waals surface area contributed by atoms with Crippen molar-refractivity contribution in [2.75, 3.05) is 19.6 Å². The number of nitrogens with one attached hydrogen (secondary N) is 2. The van der Waals surface area contributed by atoms with E-state index in [2.05, 4.69) is 17.2 Å². The summed E-state index contributed by atoms with van der Waals surface area (Å²) in [5.74, 6) is 0.0538. The highest BCUT2D eigenvalue weighted by Crippen LogP contribution is 1.91. The maximum atomic E-state index is 11.0. The average Bonchev–Trinajstić information content (AvgIpc) is 2.00. The van der Waals surface area contributed by atoms with Gasteiger partial charge in [0, 0.05) is 6.54 Å². The Labute approximate surface area is 74.2 Å². The van der Waals surface area contributed by atoms with Crippen LogP contribution in [0.2, 0.25) is 0 Å². The van der Waals surface area contributed by atoms with Crippen LogP contribution in [0.5, 0.6) is 0 Å². The van der Waals surface area contributed by atoms with E-state index >= 15 is 0 Å². The fraction of sp³-hybridized carbons (Fsp3) is 0.667. The van der Waals surface area contributed by atoms with Crippen molar-refractivity contribution in [2.24, 2.45) is 0 Å². The monoisotopic (exact) mass is 170 g/mol. The van der Waals surface area contributed by atoms with Crippen molar-refractivity contribution < 1.29 is 4.79 Å². The number of rotatable bonds is 6. The Morgan fingerprint density at radius 3 is 2.67 bits per heavy atom. The molecule has 70 valence electrons. The van der Waals surface area contributed by atoms with E-state index in [0.717, 1.165) is 18.5 Å². The Balaban J connectivity index is 3.25. The molecular formula is C9H18N2O. The van der Waals surface area contributed by atoms with Crippen molar-refractivity contribution in [3.8, 4) is 0 Å². The largest absolute Gasteiger partial charge is 0.355 e. The predicted octanol–water partition coefficient (Wildman–Crippen LogP) is 0.678. The van der Waals surface area contributed by atoms with E-state index in [4.69, 9.17) is 0 Å². The summed E-state index contributed by atoms with van der Waals surface area (Å²) >= 11 is 0. The third-order valence-corrected chi connectivity index (χ3v) is 1.41. The standard InChI is InChI=1S/C9H18N2O/c1-4-10-7-9(12)11-6-5-8(2)3/h10H,2,4-7H2,1,3H3,(H,11,12). The number of hydrogen-bond acceptors (Lipinski definition) is 2. The highest BCUT2D eigenvalue weighted by molar-refractivity contribution is 5.77. The first kappa shape index (κ1) is 11.2. The molecular weight excluding hydrogens is 152 g/mol. The lowest BCUT2D eigenvalue weighted by Gasteiger charge is -2.04. The summed E-state index contributed by atoms with van der Waals surface area (Å²) in [6, 6.07) is 0. The van der Waals surface area contributed by atoms with Crippen molar-refractivity contribution >= 4 is 5.91 Å². The Hall–Kier alpha value is -0.830. The van der Waals surface area contributed by atoms with Crippen LogP contribution in [0.25, 0.3) is 0 Å². The Bertz CT molecular complexity index is 155. The maximum Gasteiger partial charge on any atom is 0.233 e. The van der Waals surface area contributed by atoms with Crippen LogP contribution in [0.3, 0.4) is 0 Å². The van der Waals surface area contributed by atoms with Gasteiger partial charge in [0.1, 0.15) is 0 Å². The minimum Gasteiger partial charge on any atom is -0.355 e. The van der Waals surface area contributed by atoms with E-state index in [1.54, 1.807) is 0 Å². The number of likely N-dealkylation sites (N-methyl/N-ethyl adjacent to an activating group) is 1. The van der Waals surface area contributed by atoms with Crippen LogP contribution >= 0.6 is 0 Å². The van der Waals surface area contributed by atoms with Crippen LogP contribution in [0.4, 0.5) is 0 Å². The molecule has 1 amide bonds. The molecule has 12 heavy (non-hydrogen) atoms. The summed E-state index contributed by atoms with van der Waals surface area (Å²) in [6.07, 6.45) is 0.859. The number of carbonyl (C=O) groups excluding carboxylic acids is 1. The molecule has 0 aromatic carbocycles. The molecule has 0 atom stereocenters. The molecule has 0 aliphatic rings. The molecule has 0 heterocycles. The molecule has 3 heteroatoms. The zero-order valence-corrected chi connectivity index (χ0v) is 7.94. The van der Waals surface area contributed by atoms with Gasteiger partial charge < -0.3 is 10.6 Å². The minimum atomic E-state index is 0.0538. The van der Waals surface area contributed by atoms with Crippen LogP contribution in [-0.2, 0) is 4.79 Å². The summed E-state index contributed by atoms with van der Waals surface area (Å²) in [6.45, 7) is 9.61. The molecule has 0 aliphatic heterocycles. The van der Waals surface area contributed by atoms with Gasteiger partial charge >= 0.3 is 0 Å². The average molecular weight is 170 g/mol. The molecule has 3 nitrogen and oxygen atoms in total. The van der Waals surface area contributed by atoms with Gasteiger partial charge in [0.25, 0.3) is 0 Å². The summed E-state index contributed by atoms with van der Waals surface area (Å²) in [4.78, 5) is 11.0. The third-order valence-electron chi connectivity index (χ3n) is 1.41. The molecule has 0 spiro atoms. The third kappa shape index (κ3) is 7.28. The topological polar surface area (TPSA) is 41.1 Å². The second-order valence-corrected chi connectivity index (χ2v) is 2.84. The Kier molecular flexibility index (Phi) is 6.38. The summed E-state index contributed by atoms with van der Waals surface area (Å²) in [7, 11) is 0. The van der Waals surface area contributed by atoms with Crippen molar-refractivity contribution in [1.29, 1.82) is 0 Å². The van der Waals surface area contributed by atoms with Gasteiger partial charge in [0.05, 0.1) is 6.54 Å². The van der Waals surface area contributed by atoms with Gasteiger partial charge in [-0.3, -0.25) is 4.79 Å². The SMILES string of the molecule is C=C(C)CCNC(=O)CNCC. The second-order valence-electron chi connectivity index (χ2n) is 2.84. The van der Waals surface area contributed by atoms with Gasteiger partial charge in [-0.1, -0.05) is 12.5 Å². The first-order chi connectivity index (χ1) is 5.66. The van der Waals surface area contributed by atoms with E-state index in [9.17, 15) is 4.79 Å². The zero-order valence-electron chi connectivity index (χ0n) is 7.94. The molecule has 0 radical (unpaired) electrons. The first-order valence-electron chi connectivity index (χ1n) is 4.28. The predicted molar refractivity (Wildman–Crippen MR) is 51.0 cm³/mol. The van der Waals surface area contributed by atoms with E-state index in [0.29, 0.717) is 13.1 Å². The smallest absolute Gasteiger partial charge is 0.233 e. The van der Waals surface area contributed by atoms with E-state index in [-0.39, 0.29) is 5.91 Å². The summed E-state index contributed by atoms with van der Waals surface area (Å²) < 4.78 is 0. The lowest BCUT2D eigenvalue weighted by Crippen LogP contribution is -2.34. The van der Waals surface area contributed by atoms with Crippen molar-refractivity contribution in [2.45, 2.75) is 20.3 Å². The minimum absolute atomic E-state index is 0.0538. The fourth-order valence-electron chi connectivity index (χ4n) is 0.716. The first-order valence-corrected chi connectivity index (χ1v) is 4.28. The van der Waals surface area contributed by atoms with Crippen LogP contribution in [0, 0.1) is 0 Å². The van der Waals surface area contributed by atoms with E-state index < -0.39 is 0 Å². The van der Waals surface area contributed by atoms with Gasteiger partial charge in [0.15, 0.2) is 0 Å². The molecule has 0 fully saturated rings. The summed E-state index contributed by atoms with van der Waals surface area (Å²) in [5, 5.41) is 5.74.